The number of rotatable bonds is 14. The van der Waals surface area contributed by atoms with Crippen LogP contribution >= 0.6 is 0 Å². The Kier molecular flexibility index (Phi) is 16.1. The van der Waals surface area contributed by atoms with E-state index in [0.717, 1.165) is 18.4 Å². The fraction of sp³-hybridized carbons (Fsp3) is 0.738. The Morgan fingerprint density at radius 3 is 1.60 bits per heavy atom. The Morgan fingerprint density at radius 1 is 0.660 bits per heavy atom. The average molecular weight is 747 g/mol. The molecule has 53 heavy (non-hydrogen) atoms. The van der Waals surface area contributed by atoms with Crippen LogP contribution in [0.1, 0.15) is 128 Å². The summed E-state index contributed by atoms with van der Waals surface area (Å²) in [5.74, 6) is -3.55. The molecule has 1 aromatic carbocycles. The molecule has 0 unspecified atom stereocenters. The molecule has 1 aliphatic rings. The summed E-state index contributed by atoms with van der Waals surface area (Å²) in [6.07, 6.45) is -3.88. The third-order valence-electron chi connectivity index (χ3n) is 9.00. The fourth-order valence-electron chi connectivity index (χ4n) is 5.53. The van der Waals surface area contributed by atoms with Crippen molar-refractivity contribution < 1.29 is 52.4 Å². The van der Waals surface area contributed by atoms with Gasteiger partial charge in [-0.25, -0.2) is 0 Å². The first-order valence-corrected chi connectivity index (χ1v) is 18.9. The molecule has 1 saturated heterocycles. The van der Waals surface area contributed by atoms with Crippen LogP contribution in [-0.4, -0.2) is 67.0 Å². The second kappa shape index (κ2) is 18.7. The topological polar surface area (TPSA) is 141 Å². The molecule has 1 aromatic rings. The number of unbranched alkanes of at least 4 members (excludes halogenated alkanes) is 1. The molecule has 0 saturated carbocycles. The van der Waals surface area contributed by atoms with Crippen molar-refractivity contribution in [2.45, 2.75) is 160 Å². The third-order valence-corrected chi connectivity index (χ3v) is 9.00. The lowest BCUT2D eigenvalue weighted by Gasteiger charge is -2.49. The summed E-state index contributed by atoms with van der Waals surface area (Å²) in [7, 11) is 0. The molecular formula is C42H66O11. The molecule has 0 spiro atoms. The molecule has 0 radical (unpaired) electrons. The predicted molar refractivity (Wildman–Crippen MR) is 200 cm³/mol. The van der Waals surface area contributed by atoms with Gasteiger partial charge in [0.1, 0.15) is 25.4 Å². The van der Waals surface area contributed by atoms with Crippen LogP contribution in [0, 0.1) is 33.5 Å². The highest BCUT2D eigenvalue weighted by atomic mass is 16.7. The molecule has 11 heteroatoms. The van der Waals surface area contributed by atoms with Crippen molar-refractivity contribution >= 4 is 29.8 Å². The van der Waals surface area contributed by atoms with Gasteiger partial charge in [0.25, 0.3) is 0 Å². The van der Waals surface area contributed by atoms with E-state index in [9.17, 15) is 24.0 Å². The summed E-state index contributed by atoms with van der Waals surface area (Å²) in [6, 6.07) is 9.38. The maximum atomic E-state index is 13.7. The second-order valence-electron chi connectivity index (χ2n) is 18.5. The molecule has 1 aliphatic heterocycles. The molecule has 1 fully saturated rings. The Balaban J connectivity index is 2.75. The minimum Gasteiger partial charge on any atom is -0.462 e. The van der Waals surface area contributed by atoms with E-state index in [1.807, 2.05) is 44.2 Å². The monoisotopic (exact) mass is 746 g/mol. The highest BCUT2D eigenvalue weighted by Gasteiger charge is 2.56. The first-order chi connectivity index (χ1) is 24.3. The molecule has 0 aromatic heterocycles. The van der Waals surface area contributed by atoms with Crippen molar-refractivity contribution in [3.63, 3.8) is 0 Å². The van der Waals surface area contributed by atoms with Gasteiger partial charge in [0.15, 0.2) is 18.3 Å². The van der Waals surface area contributed by atoms with Crippen molar-refractivity contribution in [3.05, 3.63) is 35.9 Å². The number of esters is 5. The highest BCUT2D eigenvalue weighted by molar-refractivity contribution is 5.78. The minimum absolute atomic E-state index is 0.0274. The lowest BCUT2D eigenvalue weighted by atomic mass is 9.77. The van der Waals surface area contributed by atoms with Crippen molar-refractivity contribution in [1.82, 2.24) is 0 Å². The van der Waals surface area contributed by atoms with Gasteiger partial charge < -0.3 is 28.4 Å². The zero-order valence-corrected chi connectivity index (χ0v) is 34.7. The van der Waals surface area contributed by atoms with Crippen LogP contribution in [0.25, 0.3) is 0 Å². The summed E-state index contributed by atoms with van der Waals surface area (Å²) in [6.45, 7) is 24.1. The van der Waals surface area contributed by atoms with E-state index < -0.39 is 87.9 Å². The van der Waals surface area contributed by atoms with Crippen LogP contribution in [0.3, 0.4) is 0 Å². The molecule has 0 N–H and O–H groups in total. The van der Waals surface area contributed by atoms with Gasteiger partial charge in [-0.3, -0.25) is 24.0 Å². The maximum absolute atomic E-state index is 13.7. The quantitative estimate of drug-likeness (QED) is 0.136. The van der Waals surface area contributed by atoms with E-state index in [0.29, 0.717) is 6.42 Å². The highest BCUT2D eigenvalue weighted by Crippen LogP contribution is 2.40. The summed E-state index contributed by atoms with van der Waals surface area (Å²) in [5, 5.41) is 0. The van der Waals surface area contributed by atoms with Crippen LogP contribution in [-0.2, 0) is 59.0 Å². The molecule has 0 bridgehead atoms. The first kappa shape index (κ1) is 45.7. The third kappa shape index (κ3) is 14.0. The Morgan fingerprint density at radius 2 is 1.13 bits per heavy atom. The van der Waals surface area contributed by atoms with Crippen LogP contribution < -0.4 is 0 Å². The van der Waals surface area contributed by atoms with Gasteiger partial charge in [0.05, 0.1) is 21.7 Å². The lowest BCUT2D eigenvalue weighted by Crippen LogP contribution is -2.65. The van der Waals surface area contributed by atoms with E-state index in [1.165, 1.54) is 0 Å². The van der Waals surface area contributed by atoms with E-state index in [-0.39, 0.29) is 25.6 Å². The van der Waals surface area contributed by atoms with E-state index in [4.69, 9.17) is 28.4 Å². The van der Waals surface area contributed by atoms with Gasteiger partial charge >= 0.3 is 29.8 Å². The Hall–Kier alpha value is -3.47. The smallest absolute Gasteiger partial charge is 0.311 e. The van der Waals surface area contributed by atoms with Gasteiger partial charge in [-0.1, -0.05) is 57.0 Å². The zero-order valence-electron chi connectivity index (χ0n) is 34.7. The average Bonchev–Trinajstić information content (AvgIpc) is 3.03. The van der Waals surface area contributed by atoms with E-state index in [2.05, 4.69) is 0 Å². The summed E-state index contributed by atoms with van der Waals surface area (Å²) in [4.78, 5) is 67.3. The maximum Gasteiger partial charge on any atom is 0.311 e. The van der Waals surface area contributed by atoms with Gasteiger partial charge in [0.2, 0.25) is 0 Å². The molecular weight excluding hydrogens is 680 g/mol. The number of hydrogen-bond acceptors (Lipinski definition) is 11. The summed E-state index contributed by atoms with van der Waals surface area (Å²) >= 11 is 0. The van der Waals surface area contributed by atoms with Crippen LogP contribution in [0.4, 0.5) is 0 Å². The first-order valence-electron chi connectivity index (χ1n) is 18.9. The van der Waals surface area contributed by atoms with E-state index in [1.54, 1.807) is 83.1 Å². The standard InChI is InChI=1S/C42H66O11/c1-15-16-22-28(26(2)23-30(43)48-24-27-20-18-17-19-21-27)31-33(52-37(46)41(9,10)11)34(53-38(47)42(12,13)14)32(51-36(45)40(6,7)8)29(50-31)25-49-35(44)39(3,4)5/h17-21,26,28-29,31-34H,15-16,22-25H2,1-14H3/t26-,28-,29+,31-,32+,33-,34-/m0/s1. The van der Waals surface area contributed by atoms with Gasteiger partial charge in [-0.15, -0.1) is 0 Å². The number of hydrogen-bond donors (Lipinski definition) is 0. The van der Waals surface area contributed by atoms with Gasteiger partial charge in [0, 0.05) is 6.42 Å². The van der Waals surface area contributed by atoms with Crippen molar-refractivity contribution in [3.8, 4) is 0 Å². The predicted octanol–water partition coefficient (Wildman–Crippen LogP) is 7.79. The molecule has 7 atom stereocenters. The van der Waals surface area contributed by atoms with Crippen molar-refractivity contribution in [2.75, 3.05) is 6.61 Å². The minimum atomic E-state index is -1.35. The lowest BCUT2D eigenvalue weighted by molar-refractivity contribution is -0.270. The van der Waals surface area contributed by atoms with Crippen LogP contribution in [0.5, 0.6) is 0 Å². The number of carbonyl (C=O) groups excluding carboxylic acids is 5. The number of carbonyl (C=O) groups is 5. The number of ether oxygens (including phenoxy) is 6. The van der Waals surface area contributed by atoms with Crippen molar-refractivity contribution in [1.29, 1.82) is 0 Å². The second-order valence-corrected chi connectivity index (χ2v) is 18.5. The molecule has 2 rings (SSSR count). The van der Waals surface area contributed by atoms with Gasteiger partial charge in [-0.05, 0) is 107 Å². The van der Waals surface area contributed by atoms with E-state index >= 15 is 0 Å². The normalized spacial score (nSPS) is 22.2. The van der Waals surface area contributed by atoms with Gasteiger partial charge in [-0.2, -0.15) is 0 Å². The molecule has 300 valence electrons. The SMILES string of the molecule is CCCC[C@H]([C@@H]1O[C@H](COC(=O)C(C)(C)C)[C@@H](OC(=O)C(C)(C)C)[C@H](OC(=O)C(C)(C)C)[C@H]1OC(=O)C(C)(C)C)[C@@H](C)CC(=O)OCc1ccccc1. The Bertz CT molecular complexity index is 1370. The van der Waals surface area contributed by atoms with Crippen LogP contribution in [0.2, 0.25) is 0 Å². The number of benzene rings is 1. The van der Waals surface area contributed by atoms with Crippen molar-refractivity contribution in [2.24, 2.45) is 33.5 Å². The fourth-order valence-corrected chi connectivity index (χ4v) is 5.53. The summed E-state index contributed by atoms with van der Waals surface area (Å²) < 4.78 is 36.9. The zero-order chi connectivity index (χ0) is 40.5. The summed E-state index contributed by atoms with van der Waals surface area (Å²) in [5.41, 5.74) is -2.93. The largest absolute Gasteiger partial charge is 0.462 e. The van der Waals surface area contributed by atoms with Crippen LogP contribution in [0.15, 0.2) is 30.3 Å². The Labute approximate surface area is 317 Å². The molecule has 1 heterocycles. The molecule has 0 amide bonds. The molecule has 11 nitrogen and oxygen atoms in total. The molecule has 0 aliphatic carbocycles.